The molecule has 4 rings (SSSR count). The third-order valence-electron chi connectivity index (χ3n) is 5.85. The summed E-state index contributed by atoms with van der Waals surface area (Å²) in [5.74, 6) is 1.97. The molecule has 1 aliphatic carbocycles. The first-order valence-electron chi connectivity index (χ1n) is 11.2. The van der Waals surface area contributed by atoms with Crippen LogP contribution in [0.25, 0.3) is 0 Å². The van der Waals surface area contributed by atoms with Crippen LogP contribution < -0.4 is 10.1 Å². The predicted octanol–water partition coefficient (Wildman–Crippen LogP) is 3.28. The summed E-state index contributed by atoms with van der Waals surface area (Å²) in [5.41, 5.74) is 2.15. The number of rotatable bonds is 7. The van der Waals surface area contributed by atoms with Crippen LogP contribution in [0.5, 0.6) is 5.75 Å². The van der Waals surface area contributed by atoms with Gasteiger partial charge in [-0.3, -0.25) is 4.90 Å². The van der Waals surface area contributed by atoms with Crippen molar-refractivity contribution >= 4 is 5.96 Å². The topological polar surface area (TPSA) is 66.1 Å². The van der Waals surface area contributed by atoms with Crippen molar-refractivity contribution in [2.75, 3.05) is 32.7 Å². The van der Waals surface area contributed by atoms with Gasteiger partial charge in [0.05, 0.1) is 18.3 Å². The number of hydrogen-bond donors (Lipinski definition) is 1. The number of nitrogens with one attached hydrogen (secondary N) is 1. The van der Waals surface area contributed by atoms with E-state index in [9.17, 15) is 0 Å². The molecule has 2 heterocycles. The van der Waals surface area contributed by atoms with E-state index < -0.39 is 0 Å². The van der Waals surface area contributed by atoms with E-state index in [0.29, 0.717) is 12.6 Å². The predicted molar refractivity (Wildman–Crippen MR) is 117 cm³/mol. The Balaban J connectivity index is 1.36. The second kappa shape index (κ2) is 10.5. The molecule has 7 heteroatoms. The minimum Gasteiger partial charge on any atom is -0.490 e. The van der Waals surface area contributed by atoms with E-state index in [1.807, 2.05) is 6.07 Å². The lowest BCUT2D eigenvalue weighted by Gasteiger charge is -2.36. The van der Waals surface area contributed by atoms with Crippen LogP contribution in [0.1, 0.15) is 43.9 Å². The zero-order valence-corrected chi connectivity index (χ0v) is 17.9. The van der Waals surface area contributed by atoms with E-state index in [1.165, 1.54) is 25.7 Å². The molecule has 0 radical (unpaired) electrons. The van der Waals surface area contributed by atoms with Crippen LogP contribution in [0.15, 0.2) is 46.1 Å². The third kappa shape index (κ3) is 5.53. The van der Waals surface area contributed by atoms with Crippen LogP contribution in [0.4, 0.5) is 0 Å². The Labute approximate surface area is 179 Å². The zero-order valence-electron chi connectivity index (χ0n) is 17.9. The Kier molecular flexibility index (Phi) is 7.24. The van der Waals surface area contributed by atoms with Crippen LogP contribution in [-0.4, -0.2) is 59.7 Å². The molecule has 0 bridgehead atoms. The smallest absolute Gasteiger partial charge is 0.194 e. The number of nitrogens with zero attached hydrogens (tertiary/aromatic N) is 4. The fourth-order valence-corrected chi connectivity index (χ4v) is 4.19. The lowest BCUT2D eigenvalue weighted by atomic mass is 10.2. The second-order valence-electron chi connectivity index (χ2n) is 8.06. The maximum Gasteiger partial charge on any atom is 0.194 e. The molecule has 1 saturated heterocycles. The van der Waals surface area contributed by atoms with Gasteiger partial charge in [0.1, 0.15) is 12.0 Å². The largest absolute Gasteiger partial charge is 0.490 e. The highest BCUT2D eigenvalue weighted by molar-refractivity contribution is 5.80. The van der Waals surface area contributed by atoms with Gasteiger partial charge in [-0.25, -0.2) is 4.99 Å². The Hall–Kier alpha value is -2.54. The van der Waals surface area contributed by atoms with Crippen molar-refractivity contribution in [3.05, 3.63) is 47.9 Å². The maximum atomic E-state index is 6.28. The van der Waals surface area contributed by atoms with Crippen molar-refractivity contribution < 1.29 is 9.26 Å². The number of piperazine rings is 1. The van der Waals surface area contributed by atoms with E-state index in [2.05, 4.69) is 51.5 Å². The first kappa shape index (κ1) is 20.7. The van der Waals surface area contributed by atoms with Gasteiger partial charge in [0.25, 0.3) is 0 Å². The van der Waals surface area contributed by atoms with E-state index in [4.69, 9.17) is 14.3 Å². The van der Waals surface area contributed by atoms with E-state index in [1.54, 1.807) is 6.26 Å². The van der Waals surface area contributed by atoms with Crippen LogP contribution in [-0.2, 0) is 13.1 Å². The van der Waals surface area contributed by atoms with Gasteiger partial charge >= 0.3 is 0 Å². The molecule has 0 atom stereocenters. The van der Waals surface area contributed by atoms with Gasteiger partial charge in [0, 0.05) is 50.9 Å². The van der Waals surface area contributed by atoms with Crippen molar-refractivity contribution in [2.45, 2.75) is 51.8 Å². The van der Waals surface area contributed by atoms with E-state index in [0.717, 1.165) is 62.2 Å². The van der Waals surface area contributed by atoms with E-state index in [-0.39, 0.29) is 0 Å². The monoisotopic (exact) mass is 411 g/mol. The van der Waals surface area contributed by atoms with Crippen molar-refractivity contribution in [3.63, 3.8) is 0 Å². The summed E-state index contributed by atoms with van der Waals surface area (Å²) >= 11 is 0. The molecule has 2 aliphatic rings. The molecule has 1 aliphatic heterocycles. The number of guanidine groups is 1. The van der Waals surface area contributed by atoms with Crippen LogP contribution in [0, 0.1) is 0 Å². The summed E-state index contributed by atoms with van der Waals surface area (Å²) < 4.78 is 11.2. The maximum absolute atomic E-state index is 6.28. The first-order valence-corrected chi connectivity index (χ1v) is 11.2. The van der Waals surface area contributed by atoms with Crippen molar-refractivity contribution in [1.29, 1.82) is 0 Å². The number of hydrogen-bond acceptors (Lipinski definition) is 5. The minimum absolute atomic E-state index is 0.362. The molecule has 1 aromatic heterocycles. The summed E-state index contributed by atoms with van der Waals surface area (Å²) in [4.78, 5) is 9.70. The molecule has 0 unspecified atom stereocenters. The standard InChI is InChI=1S/C23H33N5O2/c1-2-24-23(28-14-12-27(13-15-28)18-20-11-16-29-26-20)25-17-19-7-3-6-10-22(19)30-21-8-4-5-9-21/h3,6-7,10-11,16,21H,2,4-5,8-9,12-15,17-18H2,1H3,(H,24,25). The summed E-state index contributed by atoms with van der Waals surface area (Å²) in [6.07, 6.45) is 6.88. The third-order valence-corrected chi connectivity index (χ3v) is 5.85. The molecule has 7 nitrogen and oxygen atoms in total. The Bertz CT molecular complexity index is 794. The van der Waals surface area contributed by atoms with Crippen LogP contribution >= 0.6 is 0 Å². The molecule has 1 aromatic carbocycles. The zero-order chi connectivity index (χ0) is 20.6. The van der Waals surface area contributed by atoms with Gasteiger partial charge in [0.15, 0.2) is 5.96 Å². The summed E-state index contributed by atoms with van der Waals surface area (Å²) in [7, 11) is 0. The Morgan fingerprint density at radius 1 is 1.17 bits per heavy atom. The van der Waals surface area contributed by atoms with Gasteiger partial charge < -0.3 is 19.5 Å². The molecule has 30 heavy (non-hydrogen) atoms. The van der Waals surface area contributed by atoms with Crippen LogP contribution in [0.3, 0.4) is 0 Å². The summed E-state index contributed by atoms with van der Waals surface area (Å²) in [6.45, 7) is 8.31. The van der Waals surface area contributed by atoms with Gasteiger partial charge in [-0.05, 0) is 38.7 Å². The Morgan fingerprint density at radius 2 is 1.97 bits per heavy atom. The fourth-order valence-electron chi connectivity index (χ4n) is 4.19. The molecule has 0 amide bonds. The lowest BCUT2D eigenvalue weighted by Crippen LogP contribution is -2.52. The Morgan fingerprint density at radius 3 is 2.70 bits per heavy atom. The van der Waals surface area contributed by atoms with Gasteiger partial charge in [0.2, 0.25) is 0 Å². The molecule has 1 N–H and O–H groups in total. The molecule has 162 valence electrons. The molecule has 1 saturated carbocycles. The van der Waals surface area contributed by atoms with Crippen molar-refractivity contribution in [2.24, 2.45) is 4.99 Å². The lowest BCUT2D eigenvalue weighted by molar-refractivity contribution is 0.169. The van der Waals surface area contributed by atoms with Crippen molar-refractivity contribution in [1.82, 2.24) is 20.3 Å². The van der Waals surface area contributed by atoms with Gasteiger partial charge in [-0.2, -0.15) is 0 Å². The SMILES string of the molecule is CCNC(=NCc1ccccc1OC1CCCC1)N1CCN(Cc2ccon2)CC1. The molecular weight excluding hydrogens is 378 g/mol. The quantitative estimate of drug-likeness (QED) is 0.557. The highest BCUT2D eigenvalue weighted by atomic mass is 16.5. The number of aliphatic imine (C=N–C) groups is 1. The summed E-state index contributed by atoms with van der Waals surface area (Å²) in [6, 6.07) is 10.3. The average Bonchev–Trinajstić information content (AvgIpc) is 3.47. The number of ether oxygens (including phenoxy) is 1. The van der Waals surface area contributed by atoms with Crippen LogP contribution in [0.2, 0.25) is 0 Å². The molecular formula is C23H33N5O2. The molecule has 0 spiro atoms. The highest BCUT2D eigenvalue weighted by Crippen LogP contribution is 2.27. The first-order chi connectivity index (χ1) is 14.8. The van der Waals surface area contributed by atoms with Gasteiger partial charge in [-0.15, -0.1) is 0 Å². The minimum atomic E-state index is 0.362. The number of aromatic nitrogens is 1. The molecule has 2 aromatic rings. The number of benzene rings is 1. The van der Waals surface area contributed by atoms with E-state index >= 15 is 0 Å². The molecule has 2 fully saturated rings. The second-order valence-corrected chi connectivity index (χ2v) is 8.06. The normalized spacial score (nSPS) is 18.7. The van der Waals surface area contributed by atoms with Crippen molar-refractivity contribution in [3.8, 4) is 5.75 Å². The van der Waals surface area contributed by atoms with Gasteiger partial charge in [-0.1, -0.05) is 23.4 Å². The average molecular weight is 412 g/mol. The number of para-hydroxylation sites is 1. The summed E-state index contributed by atoms with van der Waals surface area (Å²) in [5, 5.41) is 7.49. The highest BCUT2D eigenvalue weighted by Gasteiger charge is 2.21. The fraction of sp³-hybridized carbons (Fsp3) is 0.565.